The molecule has 0 aliphatic heterocycles. The van der Waals surface area contributed by atoms with Crippen molar-refractivity contribution in [3.63, 3.8) is 0 Å². The summed E-state index contributed by atoms with van der Waals surface area (Å²) in [6.07, 6.45) is -2.19. The largest absolute Gasteiger partial charge is 0.336 e. The lowest BCUT2D eigenvalue weighted by molar-refractivity contribution is 0.0619. The van der Waals surface area contributed by atoms with Gasteiger partial charge in [0, 0.05) is 12.6 Å². The number of halogens is 2. The van der Waals surface area contributed by atoms with E-state index in [9.17, 15) is 22.0 Å². The van der Waals surface area contributed by atoms with Crippen molar-refractivity contribution in [2.24, 2.45) is 5.14 Å². The molecule has 0 radical (unpaired) electrons. The summed E-state index contributed by atoms with van der Waals surface area (Å²) >= 11 is 0. The van der Waals surface area contributed by atoms with Gasteiger partial charge < -0.3 is 4.90 Å². The van der Waals surface area contributed by atoms with E-state index in [1.807, 2.05) is 0 Å². The fraction of sp³-hybridized carbons (Fsp3) is 0.417. The third-order valence-corrected chi connectivity index (χ3v) is 3.69. The Labute approximate surface area is 116 Å². The minimum absolute atomic E-state index is 0.0715. The Morgan fingerprint density at radius 1 is 1.40 bits per heavy atom. The van der Waals surface area contributed by atoms with Gasteiger partial charge in [-0.1, -0.05) is 13.0 Å². The van der Waals surface area contributed by atoms with E-state index in [2.05, 4.69) is 0 Å². The summed E-state index contributed by atoms with van der Waals surface area (Å²) in [7, 11) is -2.72. The summed E-state index contributed by atoms with van der Waals surface area (Å²) in [6.45, 7) is 1.05. The number of carbonyl (C=O) groups excluding carboxylic acids is 1. The molecule has 0 fully saturated rings. The molecule has 1 aromatic carbocycles. The zero-order valence-corrected chi connectivity index (χ0v) is 12.0. The minimum atomic E-state index is -3.95. The van der Waals surface area contributed by atoms with Crippen LogP contribution in [-0.2, 0) is 16.4 Å². The van der Waals surface area contributed by atoms with Gasteiger partial charge in [0.1, 0.15) is 0 Å². The highest BCUT2D eigenvalue weighted by Crippen LogP contribution is 2.18. The molecule has 8 heteroatoms. The topological polar surface area (TPSA) is 80.5 Å². The Hall–Kier alpha value is -1.54. The number of rotatable bonds is 5. The second kappa shape index (κ2) is 6.27. The number of amides is 1. The van der Waals surface area contributed by atoms with Crippen LogP contribution in [0.25, 0.3) is 0 Å². The van der Waals surface area contributed by atoms with Crippen molar-refractivity contribution in [1.29, 1.82) is 0 Å². The van der Waals surface area contributed by atoms with Crippen LogP contribution in [0.3, 0.4) is 0 Å². The maximum Gasteiger partial charge on any atom is 0.255 e. The van der Waals surface area contributed by atoms with E-state index >= 15 is 0 Å². The van der Waals surface area contributed by atoms with Gasteiger partial charge in [0.15, 0.2) is 0 Å². The number of nitrogens with two attached hydrogens (primary N) is 1. The fourth-order valence-electron chi connectivity index (χ4n) is 1.74. The quantitative estimate of drug-likeness (QED) is 0.888. The summed E-state index contributed by atoms with van der Waals surface area (Å²) in [4.78, 5) is 12.7. The zero-order chi connectivity index (χ0) is 15.5. The predicted molar refractivity (Wildman–Crippen MR) is 70.2 cm³/mol. The number of sulfonamides is 1. The third kappa shape index (κ3) is 3.97. The van der Waals surface area contributed by atoms with E-state index in [4.69, 9.17) is 5.14 Å². The van der Waals surface area contributed by atoms with Gasteiger partial charge in [-0.3, -0.25) is 4.79 Å². The van der Waals surface area contributed by atoms with Crippen LogP contribution < -0.4 is 5.14 Å². The summed E-state index contributed by atoms with van der Waals surface area (Å²) in [5, 5.41) is 5.00. The van der Waals surface area contributed by atoms with Gasteiger partial charge >= 0.3 is 0 Å². The lowest BCUT2D eigenvalue weighted by atomic mass is 10.0. The fourth-order valence-corrected chi connectivity index (χ4v) is 2.28. The zero-order valence-electron chi connectivity index (χ0n) is 11.1. The van der Waals surface area contributed by atoms with Crippen LogP contribution in [0.5, 0.6) is 0 Å². The first-order valence-electron chi connectivity index (χ1n) is 5.86. The number of hydrogen-bond acceptors (Lipinski definition) is 3. The number of benzene rings is 1. The number of primary sulfonamides is 1. The van der Waals surface area contributed by atoms with Crippen LogP contribution in [0.4, 0.5) is 8.78 Å². The molecule has 0 aromatic heterocycles. The maximum absolute atomic E-state index is 12.3. The van der Waals surface area contributed by atoms with E-state index in [0.717, 1.165) is 11.0 Å². The first-order chi connectivity index (χ1) is 9.16. The van der Waals surface area contributed by atoms with Crippen LogP contribution in [0, 0.1) is 0 Å². The lowest BCUT2D eigenvalue weighted by Gasteiger charge is -2.18. The van der Waals surface area contributed by atoms with Crippen molar-refractivity contribution in [3.05, 3.63) is 29.3 Å². The molecule has 0 heterocycles. The first-order valence-corrected chi connectivity index (χ1v) is 7.40. The molecule has 0 atom stereocenters. The van der Waals surface area contributed by atoms with Gasteiger partial charge in [0.05, 0.1) is 11.4 Å². The van der Waals surface area contributed by atoms with Crippen molar-refractivity contribution in [1.82, 2.24) is 4.90 Å². The number of hydrogen-bond donors (Lipinski definition) is 1. The molecular weight excluding hydrogens is 290 g/mol. The molecule has 1 amide bonds. The highest BCUT2D eigenvalue weighted by molar-refractivity contribution is 7.89. The van der Waals surface area contributed by atoms with Gasteiger partial charge in [0.25, 0.3) is 12.3 Å². The molecule has 0 unspecified atom stereocenters. The van der Waals surface area contributed by atoms with Crippen molar-refractivity contribution in [2.45, 2.75) is 24.7 Å². The average molecular weight is 306 g/mol. The molecule has 1 aromatic rings. The van der Waals surface area contributed by atoms with Gasteiger partial charge in [-0.2, -0.15) is 0 Å². The van der Waals surface area contributed by atoms with E-state index in [-0.39, 0.29) is 10.5 Å². The van der Waals surface area contributed by atoms with E-state index in [0.29, 0.717) is 12.0 Å². The molecule has 0 saturated carbocycles. The Morgan fingerprint density at radius 2 is 2.00 bits per heavy atom. The molecule has 0 saturated heterocycles. The Bertz CT molecular complexity index is 603. The molecule has 1 rings (SSSR count). The molecule has 0 spiro atoms. The molecule has 112 valence electrons. The normalized spacial score (nSPS) is 11.7. The summed E-state index contributed by atoms with van der Waals surface area (Å²) in [5.41, 5.74) is 0.644. The molecule has 2 N–H and O–H groups in total. The smallest absolute Gasteiger partial charge is 0.255 e. The van der Waals surface area contributed by atoms with E-state index in [1.54, 1.807) is 6.92 Å². The Balaban J connectivity index is 3.24. The molecular formula is C12H16F2N2O3S. The number of aryl methyl sites for hydroxylation is 1. The second-order valence-electron chi connectivity index (χ2n) is 4.29. The van der Waals surface area contributed by atoms with Gasteiger partial charge in [-0.05, 0) is 24.1 Å². The SMILES string of the molecule is CCc1ccc(S(N)(=O)=O)cc1C(=O)N(C)CC(F)F. The summed E-state index contributed by atoms with van der Waals surface area (Å²) in [6, 6.07) is 3.87. The maximum atomic E-state index is 12.3. The average Bonchev–Trinajstić information content (AvgIpc) is 2.35. The number of alkyl halides is 2. The van der Waals surface area contributed by atoms with Crippen molar-refractivity contribution >= 4 is 15.9 Å². The molecule has 5 nitrogen and oxygen atoms in total. The van der Waals surface area contributed by atoms with Gasteiger partial charge in [0.2, 0.25) is 10.0 Å². The molecule has 0 aliphatic rings. The highest BCUT2D eigenvalue weighted by Gasteiger charge is 2.20. The summed E-state index contributed by atoms with van der Waals surface area (Å²) < 4.78 is 47.2. The standard InChI is InChI=1S/C12H16F2N2O3S/c1-3-8-4-5-9(20(15,18)19)6-10(8)12(17)16(2)7-11(13)14/h4-6,11H,3,7H2,1-2H3,(H2,15,18,19). The second-order valence-corrected chi connectivity index (χ2v) is 5.86. The van der Waals surface area contributed by atoms with E-state index in [1.165, 1.54) is 19.2 Å². The number of nitrogens with zero attached hydrogens (tertiary/aromatic N) is 1. The van der Waals surface area contributed by atoms with Gasteiger partial charge in [-0.15, -0.1) is 0 Å². The monoisotopic (exact) mass is 306 g/mol. The minimum Gasteiger partial charge on any atom is -0.336 e. The van der Waals surface area contributed by atoms with Crippen LogP contribution in [0.1, 0.15) is 22.8 Å². The van der Waals surface area contributed by atoms with E-state index < -0.39 is 28.9 Å². The van der Waals surface area contributed by atoms with Crippen LogP contribution >= 0.6 is 0 Å². The van der Waals surface area contributed by atoms with Crippen LogP contribution in [0.15, 0.2) is 23.1 Å². The number of carbonyl (C=O) groups is 1. The molecule has 0 bridgehead atoms. The Morgan fingerprint density at radius 3 is 2.45 bits per heavy atom. The van der Waals surface area contributed by atoms with Gasteiger partial charge in [-0.25, -0.2) is 22.3 Å². The van der Waals surface area contributed by atoms with Crippen molar-refractivity contribution < 1.29 is 22.0 Å². The highest BCUT2D eigenvalue weighted by atomic mass is 32.2. The predicted octanol–water partition coefficient (Wildman–Crippen LogP) is 1.23. The Kier molecular flexibility index (Phi) is 5.18. The third-order valence-electron chi connectivity index (χ3n) is 2.78. The van der Waals surface area contributed by atoms with Crippen molar-refractivity contribution in [3.8, 4) is 0 Å². The first kappa shape index (κ1) is 16.5. The molecule has 20 heavy (non-hydrogen) atoms. The molecule has 0 aliphatic carbocycles. The lowest BCUT2D eigenvalue weighted by Crippen LogP contribution is -2.32. The van der Waals surface area contributed by atoms with Crippen LogP contribution in [0.2, 0.25) is 0 Å². The van der Waals surface area contributed by atoms with Crippen molar-refractivity contribution in [2.75, 3.05) is 13.6 Å². The summed E-state index contributed by atoms with van der Waals surface area (Å²) in [5.74, 6) is -0.660. The van der Waals surface area contributed by atoms with Crippen LogP contribution in [-0.4, -0.2) is 39.2 Å².